The van der Waals surface area contributed by atoms with Crippen molar-refractivity contribution in [3.63, 3.8) is 0 Å². The number of nitrogens with zero attached hydrogens (tertiary/aromatic N) is 5. The Morgan fingerprint density at radius 3 is 2.74 bits per heavy atom. The third-order valence-corrected chi connectivity index (χ3v) is 5.04. The molecule has 0 unspecified atom stereocenters. The van der Waals surface area contributed by atoms with Crippen molar-refractivity contribution >= 4 is 17.2 Å². The van der Waals surface area contributed by atoms with Crippen LogP contribution in [0.4, 0.5) is 14.5 Å². The molecule has 27 heavy (non-hydrogen) atoms. The van der Waals surface area contributed by atoms with Crippen molar-refractivity contribution < 1.29 is 13.6 Å². The second-order valence-corrected chi connectivity index (χ2v) is 7.03. The lowest BCUT2D eigenvalue weighted by Crippen LogP contribution is -2.17. The summed E-state index contributed by atoms with van der Waals surface area (Å²) >= 11 is 0. The number of fused-ring (bicyclic) bond motifs is 1. The average Bonchev–Trinajstić information content (AvgIpc) is 3.26. The number of nitrogens with one attached hydrogen (secondary N) is 1. The van der Waals surface area contributed by atoms with Crippen molar-refractivity contribution in [3.8, 4) is 0 Å². The molecule has 4 rings (SSSR count). The number of hydrogen-bond donors (Lipinski definition) is 1. The van der Waals surface area contributed by atoms with Crippen LogP contribution in [-0.4, -0.2) is 30.3 Å². The first-order chi connectivity index (χ1) is 13.0. The molecule has 9 heteroatoms. The average molecular weight is 374 g/mol. The zero-order valence-corrected chi connectivity index (χ0v) is 14.8. The Hall–Kier alpha value is -2.84. The number of carbonyl (C=O) groups excluding carboxylic acids is 1. The summed E-state index contributed by atoms with van der Waals surface area (Å²) in [6.07, 6.45) is 5.87. The molecule has 0 saturated heterocycles. The molecule has 0 spiro atoms. The van der Waals surface area contributed by atoms with E-state index >= 15 is 0 Å². The fourth-order valence-corrected chi connectivity index (χ4v) is 3.48. The minimum atomic E-state index is -2.77. The second kappa shape index (κ2) is 7.05. The molecule has 0 aromatic carbocycles. The van der Waals surface area contributed by atoms with Gasteiger partial charge >= 0.3 is 0 Å². The first kappa shape index (κ1) is 17.6. The van der Waals surface area contributed by atoms with Gasteiger partial charge in [-0.25, -0.2) is 18.3 Å². The quantitative estimate of drug-likeness (QED) is 0.752. The number of anilines is 1. The van der Waals surface area contributed by atoms with Crippen molar-refractivity contribution in [1.82, 2.24) is 24.4 Å². The molecule has 1 aliphatic rings. The second-order valence-electron chi connectivity index (χ2n) is 7.03. The van der Waals surface area contributed by atoms with Crippen molar-refractivity contribution in [2.45, 2.75) is 45.1 Å². The Morgan fingerprint density at radius 1 is 1.26 bits per heavy atom. The molecule has 7 nitrogen and oxygen atoms in total. The first-order valence-corrected chi connectivity index (χ1v) is 9.00. The largest absolute Gasteiger partial charge is 0.317 e. The van der Waals surface area contributed by atoms with E-state index in [9.17, 15) is 13.6 Å². The number of alkyl halides is 2. The van der Waals surface area contributed by atoms with Gasteiger partial charge < -0.3 is 5.32 Å². The summed E-state index contributed by atoms with van der Waals surface area (Å²) in [4.78, 5) is 16.6. The van der Waals surface area contributed by atoms with E-state index in [4.69, 9.17) is 0 Å². The van der Waals surface area contributed by atoms with Crippen LogP contribution in [0.1, 0.15) is 61.3 Å². The molecule has 1 amide bonds. The van der Waals surface area contributed by atoms with Crippen molar-refractivity contribution in [3.05, 3.63) is 42.1 Å². The highest BCUT2D eigenvalue weighted by atomic mass is 19.3. The van der Waals surface area contributed by atoms with Crippen LogP contribution < -0.4 is 5.32 Å². The molecule has 0 radical (unpaired) electrons. The van der Waals surface area contributed by atoms with Crippen LogP contribution in [0.3, 0.4) is 0 Å². The SMILES string of the molecule is C[C@H]1CC[C@H](n2cc(NC(=O)c3cc4ncccn4n3)c(C(F)F)n2)CC1. The van der Waals surface area contributed by atoms with E-state index in [1.54, 1.807) is 23.1 Å². The Balaban J connectivity index is 1.57. The smallest absolute Gasteiger partial charge is 0.284 e. The summed E-state index contributed by atoms with van der Waals surface area (Å²) in [6.45, 7) is 2.19. The lowest BCUT2D eigenvalue weighted by atomic mass is 9.87. The summed E-state index contributed by atoms with van der Waals surface area (Å²) in [5.41, 5.74) is 0.222. The molecule has 0 atom stereocenters. The van der Waals surface area contributed by atoms with E-state index in [-0.39, 0.29) is 17.4 Å². The molecule has 0 bridgehead atoms. The number of aromatic nitrogens is 5. The highest BCUT2D eigenvalue weighted by Crippen LogP contribution is 2.34. The molecule has 1 aliphatic carbocycles. The van der Waals surface area contributed by atoms with Crippen LogP contribution in [0.15, 0.2) is 30.7 Å². The Kier molecular flexibility index (Phi) is 4.59. The number of halogens is 2. The van der Waals surface area contributed by atoms with Gasteiger partial charge in [0.1, 0.15) is 0 Å². The lowest BCUT2D eigenvalue weighted by molar-refractivity contribution is 0.102. The van der Waals surface area contributed by atoms with Crippen molar-refractivity contribution in [2.75, 3.05) is 5.32 Å². The molecule has 3 aromatic heterocycles. The fourth-order valence-electron chi connectivity index (χ4n) is 3.48. The summed E-state index contributed by atoms with van der Waals surface area (Å²) in [5.74, 6) is 0.0772. The monoisotopic (exact) mass is 374 g/mol. The summed E-state index contributed by atoms with van der Waals surface area (Å²) in [5, 5.41) is 10.7. The van der Waals surface area contributed by atoms with Crippen LogP contribution in [0.25, 0.3) is 5.65 Å². The first-order valence-electron chi connectivity index (χ1n) is 9.00. The fraction of sp³-hybridized carbons (Fsp3) is 0.444. The number of amides is 1. The Morgan fingerprint density at radius 2 is 2.04 bits per heavy atom. The minimum Gasteiger partial charge on any atom is -0.317 e. The highest BCUT2D eigenvalue weighted by Gasteiger charge is 2.26. The maximum Gasteiger partial charge on any atom is 0.284 e. The molecule has 1 fully saturated rings. The van der Waals surface area contributed by atoms with E-state index in [0.717, 1.165) is 25.7 Å². The number of hydrogen-bond acceptors (Lipinski definition) is 4. The number of carbonyl (C=O) groups is 1. The van der Waals surface area contributed by atoms with Gasteiger partial charge in [0.2, 0.25) is 0 Å². The normalized spacial score (nSPS) is 20.3. The van der Waals surface area contributed by atoms with Gasteiger partial charge in [0.05, 0.1) is 11.7 Å². The van der Waals surface area contributed by atoms with E-state index in [2.05, 4.69) is 27.4 Å². The van der Waals surface area contributed by atoms with E-state index in [1.165, 1.54) is 16.8 Å². The molecule has 142 valence electrons. The highest BCUT2D eigenvalue weighted by molar-refractivity contribution is 6.03. The van der Waals surface area contributed by atoms with E-state index in [0.29, 0.717) is 11.6 Å². The summed E-state index contributed by atoms with van der Waals surface area (Å²) < 4.78 is 29.9. The van der Waals surface area contributed by atoms with Gasteiger partial charge in [0, 0.05) is 24.7 Å². The third kappa shape index (κ3) is 3.54. The van der Waals surface area contributed by atoms with Gasteiger partial charge in [0.25, 0.3) is 12.3 Å². The molecular weight excluding hydrogens is 354 g/mol. The zero-order chi connectivity index (χ0) is 19.0. The molecule has 0 aliphatic heterocycles. The molecular formula is C18H20F2N6O. The maximum absolute atomic E-state index is 13.4. The Bertz CT molecular complexity index is 925. The van der Waals surface area contributed by atoms with Crippen LogP contribution in [-0.2, 0) is 0 Å². The van der Waals surface area contributed by atoms with Crippen LogP contribution >= 0.6 is 0 Å². The van der Waals surface area contributed by atoms with Crippen molar-refractivity contribution in [2.24, 2.45) is 5.92 Å². The molecule has 1 N–H and O–H groups in total. The van der Waals surface area contributed by atoms with Crippen LogP contribution in [0, 0.1) is 5.92 Å². The molecule has 1 saturated carbocycles. The summed E-state index contributed by atoms with van der Waals surface area (Å²) in [7, 11) is 0. The van der Waals surface area contributed by atoms with Crippen LogP contribution in [0.5, 0.6) is 0 Å². The summed E-state index contributed by atoms with van der Waals surface area (Å²) in [6, 6.07) is 3.28. The van der Waals surface area contributed by atoms with Gasteiger partial charge in [-0.2, -0.15) is 10.2 Å². The van der Waals surface area contributed by atoms with Gasteiger partial charge in [-0.05, 0) is 37.7 Å². The molecule has 3 heterocycles. The predicted octanol–water partition coefficient (Wildman–Crippen LogP) is 3.87. The van der Waals surface area contributed by atoms with Gasteiger partial charge in [-0.3, -0.25) is 9.48 Å². The van der Waals surface area contributed by atoms with Crippen molar-refractivity contribution in [1.29, 1.82) is 0 Å². The third-order valence-electron chi connectivity index (χ3n) is 5.04. The maximum atomic E-state index is 13.4. The standard InChI is InChI=1S/C18H20F2N6O/c1-11-3-5-12(6-4-11)26-10-14(16(24-26)17(19)20)22-18(27)13-9-15-21-7-2-8-25(15)23-13/h2,7-12,17H,3-6H2,1H3,(H,22,27)/t11-,12-. The lowest BCUT2D eigenvalue weighted by Gasteiger charge is -2.26. The molecule has 3 aromatic rings. The topological polar surface area (TPSA) is 77.1 Å². The van der Waals surface area contributed by atoms with E-state index in [1.807, 2.05) is 0 Å². The minimum absolute atomic E-state index is 0.0265. The Labute approximate surface area is 154 Å². The van der Waals surface area contributed by atoms with Crippen LogP contribution in [0.2, 0.25) is 0 Å². The number of rotatable bonds is 4. The van der Waals surface area contributed by atoms with Gasteiger partial charge in [0.15, 0.2) is 17.0 Å². The predicted molar refractivity (Wildman–Crippen MR) is 94.8 cm³/mol. The van der Waals surface area contributed by atoms with Gasteiger partial charge in [-0.1, -0.05) is 6.92 Å². The van der Waals surface area contributed by atoms with E-state index < -0.39 is 18.0 Å². The van der Waals surface area contributed by atoms with Gasteiger partial charge in [-0.15, -0.1) is 0 Å². The zero-order valence-electron chi connectivity index (χ0n) is 14.8.